The molecule has 0 N–H and O–H groups in total. The van der Waals surface area contributed by atoms with Gasteiger partial charge in [0.25, 0.3) is 5.56 Å². The summed E-state index contributed by atoms with van der Waals surface area (Å²) in [6.45, 7) is 9.05. The highest BCUT2D eigenvalue weighted by Gasteiger charge is 2.17. The third-order valence-electron chi connectivity index (χ3n) is 5.82. The van der Waals surface area contributed by atoms with Gasteiger partial charge in [-0.1, -0.05) is 13.0 Å². The van der Waals surface area contributed by atoms with Crippen LogP contribution in [0.1, 0.15) is 22.8 Å². The summed E-state index contributed by atoms with van der Waals surface area (Å²) < 4.78 is 6.32. The number of methoxy groups -OCH3 is 1. The number of aryl methyl sites for hydroxylation is 1. The third kappa shape index (κ3) is 3.68. The standard InChI is InChI=1S/C23H26N4O3/c1-4-25-9-11-26(12-10-25)18-7-8-20-19(14-18)22(28)27(15-24-20)21-13-17(23(29)30-3)6-5-16(21)2/h5-8,13-15H,4,9-12H2,1-3H3. The Hall–Kier alpha value is -3.19. The SMILES string of the molecule is CCN1CCN(c2ccc3ncn(-c4cc(C(=O)OC)ccc4C)c(=O)c3c2)CC1. The minimum Gasteiger partial charge on any atom is -0.465 e. The molecule has 2 aromatic carbocycles. The van der Waals surface area contributed by atoms with Crippen molar-refractivity contribution in [2.45, 2.75) is 13.8 Å². The van der Waals surface area contributed by atoms with Gasteiger partial charge in [0, 0.05) is 31.9 Å². The van der Waals surface area contributed by atoms with Gasteiger partial charge in [0.1, 0.15) is 6.33 Å². The maximum Gasteiger partial charge on any atom is 0.337 e. The zero-order valence-electron chi connectivity index (χ0n) is 17.6. The molecule has 30 heavy (non-hydrogen) atoms. The Bertz CT molecular complexity index is 1150. The fraction of sp³-hybridized carbons (Fsp3) is 0.348. The number of hydrogen-bond donors (Lipinski definition) is 0. The Morgan fingerprint density at radius 1 is 1.10 bits per heavy atom. The molecule has 156 valence electrons. The maximum absolute atomic E-state index is 13.3. The van der Waals surface area contributed by atoms with E-state index >= 15 is 0 Å². The van der Waals surface area contributed by atoms with E-state index < -0.39 is 5.97 Å². The fourth-order valence-electron chi connectivity index (χ4n) is 3.91. The molecule has 7 heteroatoms. The van der Waals surface area contributed by atoms with E-state index in [4.69, 9.17) is 4.74 Å². The second-order valence-corrected chi connectivity index (χ2v) is 7.54. The van der Waals surface area contributed by atoms with E-state index in [2.05, 4.69) is 21.7 Å². The molecule has 0 bridgehead atoms. The van der Waals surface area contributed by atoms with E-state index in [-0.39, 0.29) is 5.56 Å². The summed E-state index contributed by atoms with van der Waals surface area (Å²) in [6, 6.07) is 11.0. The van der Waals surface area contributed by atoms with Gasteiger partial charge in [-0.3, -0.25) is 9.36 Å². The summed E-state index contributed by atoms with van der Waals surface area (Å²) in [5, 5.41) is 0.566. The van der Waals surface area contributed by atoms with Crippen LogP contribution in [0.4, 0.5) is 5.69 Å². The Labute approximate surface area is 175 Å². The Balaban J connectivity index is 1.76. The molecule has 0 atom stereocenters. The van der Waals surface area contributed by atoms with Crippen LogP contribution in [0.3, 0.4) is 0 Å². The number of rotatable bonds is 4. The number of hydrogen-bond acceptors (Lipinski definition) is 6. The molecular formula is C23H26N4O3. The second kappa shape index (κ2) is 8.28. The number of esters is 1. The number of likely N-dealkylation sites (N-methyl/N-ethyl adjacent to an activating group) is 1. The number of benzene rings is 2. The highest BCUT2D eigenvalue weighted by Crippen LogP contribution is 2.22. The predicted molar refractivity (Wildman–Crippen MR) is 118 cm³/mol. The molecule has 1 aromatic heterocycles. The number of ether oxygens (including phenoxy) is 1. The molecule has 0 radical (unpaired) electrons. The van der Waals surface area contributed by atoms with Crippen molar-refractivity contribution in [2.75, 3.05) is 44.7 Å². The van der Waals surface area contributed by atoms with Crippen molar-refractivity contribution in [2.24, 2.45) is 0 Å². The summed E-state index contributed by atoms with van der Waals surface area (Å²) in [5.41, 5.74) is 3.44. The number of piperazine rings is 1. The van der Waals surface area contributed by atoms with E-state index in [1.807, 2.05) is 31.2 Å². The largest absolute Gasteiger partial charge is 0.465 e. The smallest absolute Gasteiger partial charge is 0.337 e. The van der Waals surface area contributed by atoms with Crippen LogP contribution >= 0.6 is 0 Å². The third-order valence-corrected chi connectivity index (χ3v) is 5.82. The lowest BCUT2D eigenvalue weighted by atomic mass is 10.1. The average Bonchev–Trinajstić information content (AvgIpc) is 2.79. The number of anilines is 1. The lowest BCUT2D eigenvalue weighted by Crippen LogP contribution is -2.46. The van der Waals surface area contributed by atoms with Gasteiger partial charge in [0.2, 0.25) is 0 Å². The van der Waals surface area contributed by atoms with Gasteiger partial charge in [-0.05, 0) is 49.4 Å². The van der Waals surface area contributed by atoms with Crippen LogP contribution in [-0.2, 0) is 4.74 Å². The highest BCUT2D eigenvalue weighted by molar-refractivity contribution is 5.90. The summed E-state index contributed by atoms with van der Waals surface area (Å²) in [5.74, 6) is -0.438. The van der Waals surface area contributed by atoms with Crippen molar-refractivity contribution in [1.29, 1.82) is 0 Å². The van der Waals surface area contributed by atoms with Gasteiger partial charge in [-0.15, -0.1) is 0 Å². The van der Waals surface area contributed by atoms with Gasteiger partial charge in [-0.2, -0.15) is 0 Å². The van der Waals surface area contributed by atoms with Crippen LogP contribution in [0.2, 0.25) is 0 Å². The van der Waals surface area contributed by atoms with Crippen LogP contribution in [0, 0.1) is 6.92 Å². The second-order valence-electron chi connectivity index (χ2n) is 7.54. The molecule has 3 aromatic rings. The Morgan fingerprint density at radius 2 is 1.87 bits per heavy atom. The van der Waals surface area contributed by atoms with E-state index in [1.165, 1.54) is 18.0 Å². The molecule has 0 aliphatic carbocycles. The van der Waals surface area contributed by atoms with E-state index in [0.29, 0.717) is 22.2 Å². The van der Waals surface area contributed by atoms with Gasteiger partial charge in [-0.25, -0.2) is 9.78 Å². The summed E-state index contributed by atoms with van der Waals surface area (Å²) in [7, 11) is 1.34. The summed E-state index contributed by atoms with van der Waals surface area (Å²) in [6.07, 6.45) is 1.52. The first kappa shape index (κ1) is 20.1. The van der Waals surface area contributed by atoms with Crippen molar-refractivity contribution in [3.8, 4) is 5.69 Å². The number of aromatic nitrogens is 2. The van der Waals surface area contributed by atoms with Crippen LogP contribution in [0.5, 0.6) is 0 Å². The number of carbonyl (C=O) groups excluding carboxylic acids is 1. The van der Waals surface area contributed by atoms with Gasteiger partial charge >= 0.3 is 5.97 Å². The van der Waals surface area contributed by atoms with E-state index in [9.17, 15) is 9.59 Å². The molecule has 1 saturated heterocycles. The van der Waals surface area contributed by atoms with Gasteiger partial charge < -0.3 is 14.5 Å². The number of carbonyl (C=O) groups is 1. The summed E-state index contributed by atoms with van der Waals surface area (Å²) in [4.78, 5) is 34.5. The Kier molecular flexibility index (Phi) is 5.55. The lowest BCUT2D eigenvalue weighted by Gasteiger charge is -2.35. The van der Waals surface area contributed by atoms with Crippen LogP contribution in [0.15, 0.2) is 47.5 Å². The summed E-state index contributed by atoms with van der Waals surface area (Å²) >= 11 is 0. The van der Waals surface area contributed by atoms with Crippen molar-refractivity contribution in [1.82, 2.24) is 14.5 Å². The van der Waals surface area contributed by atoms with Crippen LogP contribution in [0.25, 0.3) is 16.6 Å². The average molecular weight is 406 g/mol. The van der Waals surface area contributed by atoms with Crippen molar-refractivity contribution in [3.05, 3.63) is 64.2 Å². The minimum atomic E-state index is -0.438. The van der Waals surface area contributed by atoms with Gasteiger partial charge in [0.15, 0.2) is 0 Å². The predicted octanol–water partition coefficient (Wildman–Crippen LogP) is 2.62. The molecule has 0 saturated carbocycles. The monoisotopic (exact) mass is 406 g/mol. The molecule has 1 fully saturated rings. The number of fused-ring (bicyclic) bond motifs is 1. The molecule has 7 nitrogen and oxygen atoms in total. The first-order valence-electron chi connectivity index (χ1n) is 10.2. The van der Waals surface area contributed by atoms with E-state index in [1.54, 1.807) is 12.1 Å². The zero-order chi connectivity index (χ0) is 21.3. The molecule has 1 aliphatic rings. The fourth-order valence-corrected chi connectivity index (χ4v) is 3.91. The molecular weight excluding hydrogens is 380 g/mol. The normalized spacial score (nSPS) is 14.8. The van der Waals surface area contributed by atoms with E-state index in [0.717, 1.165) is 44.0 Å². The zero-order valence-corrected chi connectivity index (χ0v) is 17.6. The van der Waals surface area contributed by atoms with Crippen molar-refractivity contribution < 1.29 is 9.53 Å². The van der Waals surface area contributed by atoms with Crippen molar-refractivity contribution in [3.63, 3.8) is 0 Å². The quantitative estimate of drug-likeness (QED) is 0.621. The van der Waals surface area contributed by atoms with Crippen molar-refractivity contribution >= 4 is 22.6 Å². The first-order valence-corrected chi connectivity index (χ1v) is 10.2. The molecule has 2 heterocycles. The maximum atomic E-state index is 13.3. The number of nitrogens with zero attached hydrogens (tertiary/aromatic N) is 4. The molecule has 4 rings (SSSR count). The molecule has 0 amide bonds. The molecule has 0 unspecified atom stereocenters. The van der Waals surface area contributed by atoms with Crippen LogP contribution < -0.4 is 10.5 Å². The minimum absolute atomic E-state index is 0.154. The highest BCUT2D eigenvalue weighted by atomic mass is 16.5. The molecule has 1 aliphatic heterocycles. The van der Waals surface area contributed by atoms with Gasteiger partial charge in [0.05, 0.1) is 29.3 Å². The first-order chi connectivity index (χ1) is 14.5. The molecule has 0 spiro atoms. The Morgan fingerprint density at radius 3 is 2.57 bits per heavy atom. The topological polar surface area (TPSA) is 67.7 Å². The lowest BCUT2D eigenvalue weighted by molar-refractivity contribution is 0.0600. The van der Waals surface area contributed by atoms with Crippen LogP contribution in [-0.4, -0.2) is 60.3 Å².